The van der Waals surface area contributed by atoms with Crippen LogP contribution in [0.15, 0.2) is 0 Å². The molecule has 0 saturated heterocycles. The van der Waals surface area contributed by atoms with Crippen molar-refractivity contribution in [1.29, 1.82) is 0 Å². The molecule has 0 aliphatic carbocycles. The summed E-state index contributed by atoms with van der Waals surface area (Å²) < 4.78 is 9.61. The number of amides is 2. The fourth-order valence-electron chi connectivity index (χ4n) is 1.84. The molecule has 0 heterocycles. The van der Waals surface area contributed by atoms with E-state index in [1.807, 2.05) is 0 Å². The lowest BCUT2D eigenvalue weighted by Crippen LogP contribution is -2.47. The van der Waals surface area contributed by atoms with Crippen molar-refractivity contribution in [3.63, 3.8) is 0 Å². The first-order valence-electron chi connectivity index (χ1n) is 7.48. The summed E-state index contributed by atoms with van der Waals surface area (Å²) in [4.78, 5) is 35.0. The van der Waals surface area contributed by atoms with E-state index in [1.165, 1.54) is 7.11 Å². The number of hydrogen-bond donors (Lipinski definition) is 3. The second kappa shape index (κ2) is 9.34. The first-order chi connectivity index (χ1) is 10.5. The van der Waals surface area contributed by atoms with Gasteiger partial charge < -0.3 is 25.2 Å². The van der Waals surface area contributed by atoms with E-state index in [1.54, 1.807) is 34.6 Å². The van der Waals surface area contributed by atoms with Gasteiger partial charge in [0.05, 0.1) is 13.7 Å². The fourth-order valence-corrected chi connectivity index (χ4v) is 1.84. The van der Waals surface area contributed by atoms with E-state index in [4.69, 9.17) is 9.84 Å². The third-order valence-corrected chi connectivity index (χ3v) is 2.90. The number of aliphatic hydroxyl groups is 1. The van der Waals surface area contributed by atoms with Crippen LogP contribution in [0.5, 0.6) is 0 Å². The summed E-state index contributed by atoms with van der Waals surface area (Å²) in [6, 6.07) is -1.39. The summed E-state index contributed by atoms with van der Waals surface area (Å²) in [6.45, 7) is 8.14. The van der Waals surface area contributed by atoms with E-state index >= 15 is 0 Å². The lowest BCUT2D eigenvalue weighted by Gasteiger charge is -2.23. The minimum atomic E-state index is -1.09. The third-order valence-electron chi connectivity index (χ3n) is 2.90. The Bertz CT molecular complexity index is 419. The molecule has 8 nitrogen and oxygen atoms in total. The van der Waals surface area contributed by atoms with E-state index < -0.39 is 42.1 Å². The van der Waals surface area contributed by atoms with Crippen LogP contribution >= 0.6 is 0 Å². The van der Waals surface area contributed by atoms with Gasteiger partial charge in [-0.2, -0.15) is 0 Å². The van der Waals surface area contributed by atoms with Crippen molar-refractivity contribution < 1.29 is 29.0 Å². The number of methoxy groups -OCH3 is 1. The number of carbonyl (C=O) groups excluding carboxylic acids is 3. The van der Waals surface area contributed by atoms with E-state index in [0.717, 1.165) is 0 Å². The molecule has 0 saturated carbocycles. The Morgan fingerprint density at radius 3 is 2.13 bits per heavy atom. The van der Waals surface area contributed by atoms with E-state index in [-0.39, 0.29) is 6.04 Å². The predicted octanol–water partition coefficient (Wildman–Crippen LogP) is 0.576. The number of aliphatic hydroxyl groups excluding tert-OH is 1. The molecule has 0 aromatic rings. The smallest absolute Gasteiger partial charge is 0.407 e. The minimum Gasteiger partial charge on any atom is -0.467 e. The molecule has 3 N–H and O–H groups in total. The fraction of sp³-hybridized carbons (Fsp3) is 0.800. The van der Waals surface area contributed by atoms with Crippen molar-refractivity contribution >= 4 is 18.0 Å². The summed E-state index contributed by atoms with van der Waals surface area (Å²) in [5.74, 6) is -1.60. The maximum Gasteiger partial charge on any atom is 0.407 e. The van der Waals surface area contributed by atoms with Gasteiger partial charge in [-0.25, -0.2) is 9.59 Å². The molecular weight excluding hydrogens is 304 g/mol. The molecule has 0 unspecified atom stereocenters. The number of hydrogen-bond acceptors (Lipinski definition) is 6. The highest BCUT2D eigenvalue weighted by Gasteiger charge is 2.25. The zero-order valence-corrected chi connectivity index (χ0v) is 14.6. The quantitative estimate of drug-likeness (QED) is 0.588. The molecule has 0 rings (SSSR count). The van der Waals surface area contributed by atoms with Gasteiger partial charge >= 0.3 is 12.1 Å². The van der Waals surface area contributed by atoms with Crippen LogP contribution in [0.2, 0.25) is 0 Å². The Morgan fingerprint density at radius 2 is 1.70 bits per heavy atom. The molecule has 3 atom stereocenters. The molecule has 134 valence electrons. The van der Waals surface area contributed by atoms with Crippen LogP contribution in [0.25, 0.3) is 0 Å². The molecule has 0 aliphatic rings. The Labute approximate surface area is 136 Å². The van der Waals surface area contributed by atoms with Gasteiger partial charge in [-0.1, -0.05) is 6.92 Å². The number of esters is 1. The molecule has 2 amide bonds. The van der Waals surface area contributed by atoms with E-state index in [9.17, 15) is 14.4 Å². The SMILES string of the molecule is COC(=O)[C@H](CO)NC(=O)[C@@H](C)C[C@@H](C)NC(=O)OC(C)(C)C. The second-order valence-electron chi connectivity index (χ2n) is 6.45. The summed E-state index contributed by atoms with van der Waals surface area (Å²) in [5, 5.41) is 14.1. The zero-order valence-electron chi connectivity index (χ0n) is 14.6. The van der Waals surface area contributed by atoms with Gasteiger partial charge in [-0.3, -0.25) is 4.79 Å². The van der Waals surface area contributed by atoms with Gasteiger partial charge in [0, 0.05) is 12.0 Å². The van der Waals surface area contributed by atoms with Crippen LogP contribution in [0.1, 0.15) is 41.0 Å². The number of nitrogens with one attached hydrogen (secondary N) is 2. The molecule has 0 bridgehead atoms. The molecule has 0 fully saturated rings. The Morgan fingerprint density at radius 1 is 1.13 bits per heavy atom. The van der Waals surface area contributed by atoms with Crippen molar-refractivity contribution in [1.82, 2.24) is 10.6 Å². The number of rotatable bonds is 7. The molecule has 8 heteroatoms. The van der Waals surface area contributed by atoms with E-state index in [0.29, 0.717) is 6.42 Å². The molecular formula is C15H28N2O6. The highest BCUT2D eigenvalue weighted by Crippen LogP contribution is 2.10. The van der Waals surface area contributed by atoms with Gasteiger partial charge in [-0.15, -0.1) is 0 Å². The number of carbonyl (C=O) groups is 3. The Hall–Kier alpha value is -1.83. The van der Waals surface area contributed by atoms with Gasteiger partial charge in [0.1, 0.15) is 5.60 Å². The number of alkyl carbamates (subject to hydrolysis) is 1. The normalized spacial score (nSPS) is 15.1. The van der Waals surface area contributed by atoms with Gasteiger partial charge in [0.25, 0.3) is 0 Å². The molecule has 0 spiro atoms. The monoisotopic (exact) mass is 332 g/mol. The van der Waals surface area contributed by atoms with Gasteiger partial charge in [0.2, 0.25) is 5.91 Å². The predicted molar refractivity (Wildman–Crippen MR) is 83.6 cm³/mol. The molecule has 0 radical (unpaired) electrons. The molecule has 0 aliphatic heterocycles. The Balaban J connectivity index is 4.40. The summed E-state index contributed by atoms with van der Waals surface area (Å²) in [5.41, 5.74) is -0.596. The average molecular weight is 332 g/mol. The Kier molecular flexibility index (Phi) is 8.60. The standard InChI is InChI=1S/C15H28N2O6/c1-9(12(19)17-11(8-18)13(20)22-6)7-10(2)16-14(21)23-15(3,4)5/h9-11,18H,7-8H2,1-6H3,(H,16,21)(H,17,19)/t9-,10+,11-/m0/s1. The van der Waals surface area contributed by atoms with Crippen molar-refractivity contribution in [2.24, 2.45) is 5.92 Å². The molecule has 0 aromatic heterocycles. The van der Waals surface area contributed by atoms with Crippen molar-refractivity contribution in [3.8, 4) is 0 Å². The largest absolute Gasteiger partial charge is 0.467 e. The maximum absolute atomic E-state index is 12.0. The van der Waals surface area contributed by atoms with Crippen LogP contribution in [0.4, 0.5) is 4.79 Å². The first-order valence-corrected chi connectivity index (χ1v) is 7.48. The topological polar surface area (TPSA) is 114 Å². The maximum atomic E-state index is 12.0. The number of ether oxygens (including phenoxy) is 2. The van der Waals surface area contributed by atoms with E-state index in [2.05, 4.69) is 15.4 Å². The lowest BCUT2D eigenvalue weighted by molar-refractivity contribution is -0.146. The van der Waals surface area contributed by atoms with Crippen LogP contribution < -0.4 is 10.6 Å². The van der Waals surface area contributed by atoms with Crippen LogP contribution in [0.3, 0.4) is 0 Å². The average Bonchev–Trinajstić information content (AvgIpc) is 2.40. The molecule has 0 aromatic carbocycles. The van der Waals surface area contributed by atoms with Gasteiger partial charge in [-0.05, 0) is 34.1 Å². The summed E-state index contributed by atoms with van der Waals surface area (Å²) >= 11 is 0. The second-order valence-corrected chi connectivity index (χ2v) is 6.45. The van der Waals surface area contributed by atoms with Crippen molar-refractivity contribution in [2.75, 3.05) is 13.7 Å². The molecule has 23 heavy (non-hydrogen) atoms. The first kappa shape index (κ1) is 21.2. The van der Waals surface area contributed by atoms with Crippen molar-refractivity contribution in [3.05, 3.63) is 0 Å². The van der Waals surface area contributed by atoms with Crippen LogP contribution in [-0.2, 0) is 19.1 Å². The van der Waals surface area contributed by atoms with Crippen molar-refractivity contribution in [2.45, 2.75) is 58.7 Å². The lowest BCUT2D eigenvalue weighted by atomic mass is 10.0. The summed E-state index contributed by atoms with van der Waals surface area (Å²) in [7, 11) is 1.17. The highest BCUT2D eigenvalue weighted by atomic mass is 16.6. The zero-order chi connectivity index (χ0) is 18.2. The van der Waals surface area contributed by atoms with Gasteiger partial charge in [0.15, 0.2) is 6.04 Å². The third kappa shape index (κ3) is 9.02. The van der Waals surface area contributed by atoms with Crippen LogP contribution in [-0.4, -0.2) is 54.5 Å². The minimum absolute atomic E-state index is 0.295. The highest BCUT2D eigenvalue weighted by molar-refractivity contribution is 5.85. The summed E-state index contributed by atoms with van der Waals surface area (Å²) in [6.07, 6.45) is -0.204. The van der Waals surface area contributed by atoms with Crippen LogP contribution in [0, 0.1) is 5.92 Å².